The van der Waals surface area contributed by atoms with Gasteiger partial charge in [0, 0.05) is 36.8 Å². The molecule has 1 aliphatic carbocycles. The number of nitrogens with zero attached hydrogens (tertiary/aromatic N) is 5. The van der Waals surface area contributed by atoms with Gasteiger partial charge in [-0.3, -0.25) is 14.4 Å². The number of hydrogen-bond acceptors (Lipinski definition) is 8. The molecule has 4 N–H and O–H groups in total. The van der Waals surface area contributed by atoms with E-state index in [1.165, 1.54) is 12.1 Å². The van der Waals surface area contributed by atoms with E-state index in [1.54, 1.807) is 29.2 Å². The van der Waals surface area contributed by atoms with Crippen LogP contribution in [0.4, 0.5) is 4.39 Å². The van der Waals surface area contributed by atoms with Crippen LogP contribution in [0.15, 0.2) is 60.7 Å². The Bertz CT molecular complexity index is 1850. The van der Waals surface area contributed by atoms with E-state index in [0.717, 1.165) is 34.2 Å². The Hall–Kier alpha value is -5.48. The Labute approximate surface area is 296 Å². The molecule has 1 aromatic heterocycles. The number of halogens is 1. The molecule has 3 aromatic carbocycles. The Balaban J connectivity index is 1.50. The lowest BCUT2D eigenvalue weighted by atomic mass is 9.67. The maximum atomic E-state index is 14.0. The van der Waals surface area contributed by atoms with Gasteiger partial charge in [-0.1, -0.05) is 29.5 Å². The zero-order valence-corrected chi connectivity index (χ0v) is 28.8. The molecule has 51 heavy (non-hydrogen) atoms. The van der Waals surface area contributed by atoms with Crippen molar-refractivity contribution in [3.05, 3.63) is 111 Å². The fraction of sp³-hybridized carbons (Fsp3) is 0.395. The number of likely N-dealkylation sites (tertiary alicyclic amines) is 1. The zero-order valence-electron chi connectivity index (χ0n) is 28.8. The topological polar surface area (TPSA) is 169 Å². The number of aromatic nitrogens is 4. The predicted molar refractivity (Wildman–Crippen MR) is 187 cm³/mol. The third kappa shape index (κ3) is 7.37. The van der Waals surface area contributed by atoms with E-state index in [0.29, 0.717) is 68.7 Å². The van der Waals surface area contributed by atoms with E-state index in [4.69, 9.17) is 0 Å². The predicted octanol–water partition coefficient (Wildman–Crippen LogP) is 3.38. The molecule has 0 radical (unpaired) electrons. The van der Waals surface area contributed by atoms with E-state index < -0.39 is 17.5 Å². The van der Waals surface area contributed by atoms with Crippen molar-refractivity contribution >= 4 is 17.7 Å². The summed E-state index contributed by atoms with van der Waals surface area (Å²) >= 11 is 0. The average molecular weight is 692 g/mol. The van der Waals surface area contributed by atoms with Crippen molar-refractivity contribution in [3.63, 3.8) is 0 Å². The summed E-state index contributed by atoms with van der Waals surface area (Å²) < 4.78 is 14.0. The molecule has 1 aliphatic heterocycles. The van der Waals surface area contributed by atoms with Crippen LogP contribution >= 0.6 is 0 Å². The molecule has 3 amide bonds. The van der Waals surface area contributed by atoms with Gasteiger partial charge in [0.15, 0.2) is 5.82 Å². The molecule has 264 valence electrons. The number of H-pyrrole nitrogens is 1. The fourth-order valence-electron chi connectivity index (χ4n) is 7.57. The second-order valence-corrected chi connectivity index (χ2v) is 13.1. The summed E-state index contributed by atoms with van der Waals surface area (Å²) in [6.07, 6.45) is 3.33. The number of tetrazole rings is 1. The smallest absolute Gasteiger partial charge is 0.251 e. The summed E-state index contributed by atoms with van der Waals surface area (Å²) in [6.45, 7) is 5.22. The number of aryl methyl sites for hydroxylation is 2. The van der Waals surface area contributed by atoms with Gasteiger partial charge in [-0.05, 0) is 117 Å². The second kappa shape index (κ2) is 15.6. The molecule has 2 heterocycles. The first-order valence-corrected chi connectivity index (χ1v) is 17.5. The normalized spacial score (nSPS) is 16.7. The minimum Gasteiger partial charge on any atom is -0.352 e. The Kier molecular flexibility index (Phi) is 10.8. The van der Waals surface area contributed by atoms with Gasteiger partial charge in [0.25, 0.3) is 11.8 Å². The van der Waals surface area contributed by atoms with Crippen LogP contribution in [0.25, 0.3) is 0 Å². The van der Waals surface area contributed by atoms with E-state index in [9.17, 15) is 24.0 Å². The third-order valence-corrected chi connectivity index (χ3v) is 9.93. The first-order chi connectivity index (χ1) is 24.8. The number of carbonyl (C=O) groups excluding carboxylic acids is 3. The van der Waals surface area contributed by atoms with Gasteiger partial charge < -0.3 is 20.9 Å². The van der Waals surface area contributed by atoms with E-state index in [-0.39, 0.29) is 30.1 Å². The molecule has 2 aliphatic rings. The monoisotopic (exact) mass is 691 g/mol. The van der Waals surface area contributed by atoms with Crippen molar-refractivity contribution < 1.29 is 18.8 Å². The molecule has 4 aromatic rings. The minimum absolute atomic E-state index is 0.0155. The summed E-state index contributed by atoms with van der Waals surface area (Å²) in [5.74, 6) is -0.493. The quantitative estimate of drug-likeness (QED) is 0.175. The van der Waals surface area contributed by atoms with E-state index in [1.807, 2.05) is 38.1 Å². The fourth-order valence-corrected chi connectivity index (χ4v) is 7.57. The first kappa shape index (κ1) is 35.3. The van der Waals surface area contributed by atoms with Gasteiger partial charge in [0.05, 0.1) is 18.0 Å². The summed E-state index contributed by atoms with van der Waals surface area (Å²) in [7, 11) is 0. The number of aromatic amines is 1. The second-order valence-electron chi connectivity index (χ2n) is 13.1. The number of carbonyl (C=O) groups is 3. The van der Waals surface area contributed by atoms with Gasteiger partial charge in [-0.25, -0.2) is 4.39 Å². The Morgan fingerprint density at radius 3 is 2.16 bits per heavy atom. The highest BCUT2D eigenvalue weighted by Crippen LogP contribution is 2.47. The van der Waals surface area contributed by atoms with Crippen LogP contribution in [0.1, 0.15) is 87.5 Å². The number of rotatable bonds is 12. The standard InChI is InChI=1S/C38H42FN9O3/c1-3-41-35(50)27-11-15-32-25(19-27)9-10-26-20-28(36(51)42-4-2)12-16-33(26)38(32,37-44-46-47-45-37)21-30(18-24-7-13-29(39)14-8-24)43-23-34(49)48-17-5-6-31(48)22-40/h7-8,11-16,19-20,30-31,43H,3-6,9-10,17-18,21,23H2,1-2H3,(H,41,50)(H,42,51)(H,44,45,46,47)/t30-,31+/m1/s1. The number of benzene rings is 3. The molecule has 13 heteroatoms. The lowest BCUT2D eigenvalue weighted by molar-refractivity contribution is -0.130. The molecule has 12 nitrogen and oxygen atoms in total. The van der Waals surface area contributed by atoms with E-state index >= 15 is 0 Å². The molecule has 0 unspecified atom stereocenters. The highest BCUT2D eigenvalue weighted by Gasteiger charge is 2.46. The molecular formula is C38H42FN9O3. The van der Waals surface area contributed by atoms with Crippen LogP contribution in [0, 0.1) is 17.1 Å². The van der Waals surface area contributed by atoms with Crippen LogP contribution in [-0.2, 0) is 29.5 Å². The van der Waals surface area contributed by atoms with Crippen molar-refractivity contribution in [2.45, 2.75) is 69.9 Å². The summed E-state index contributed by atoms with van der Waals surface area (Å²) in [5.41, 5.74) is 4.44. The molecular weight excluding hydrogens is 649 g/mol. The number of nitriles is 1. The van der Waals surface area contributed by atoms with Crippen LogP contribution in [0.5, 0.6) is 0 Å². The first-order valence-electron chi connectivity index (χ1n) is 17.5. The summed E-state index contributed by atoms with van der Waals surface area (Å²) in [4.78, 5) is 41.2. The van der Waals surface area contributed by atoms with Gasteiger partial charge in [0.2, 0.25) is 5.91 Å². The summed E-state index contributed by atoms with van der Waals surface area (Å²) in [6, 6.07) is 19.0. The molecule has 1 fully saturated rings. The lowest BCUT2D eigenvalue weighted by Gasteiger charge is -2.37. The van der Waals surface area contributed by atoms with Gasteiger partial charge in [-0.15, -0.1) is 10.2 Å². The van der Waals surface area contributed by atoms with E-state index in [2.05, 4.69) is 42.6 Å². The van der Waals surface area contributed by atoms with Crippen molar-refractivity contribution in [3.8, 4) is 6.07 Å². The number of fused-ring (bicyclic) bond motifs is 2. The van der Waals surface area contributed by atoms with Crippen LogP contribution < -0.4 is 16.0 Å². The zero-order chi connectivity index (χ0) is 36.0. The maximum absolute atomic E-state index is 14.0. The van der Waals surface area contributed by atoms with Crippen molar-refractivity contribution in [2.75, 3.05) is 26.2 Å². The van der Waals surface area contributed by atoms with Gasteiger partial charge >= 0.3 is 0 Å². The van der Waals surface area contributed by atoms with Crippen LogP contribution in [0.3, 0.4) is 0 Å². The molecule has 0 bridgehead atoms. The molecule has 6 rings (SSSR count). The highest BCUT2D eigenvalue weighted by atomic mass is 19.1. The molecule has 0 saturated carbocycles. The SMILES string of the molecule is CCNC(=O)c1ccc2c(c1)CCc1cc(C(=O)NCC)ccc1C2(C[C@@H](Cc1ccc(F)cc1)NCC(=O)N1CCC[C@H]1C#N)c1nn[nH]n1. The Morgan fingerprint density at radius 2 is 1.61 bits per heavy atom. The minimum atomic E-state index is -1.06. The highest BCUT2D eigenvalue weighted by molar-refractivity contribution is 5.95. The average Bonchev–Trinajstić information content (AvgIpc) is 3.84. The lowest BCUT2D eigenvalue weighted by Crippen LogP contribution is -2.47. The largest absolute Gasteiger partial charge is 0.352 e. The molecule has 0 spiro atoms. The Morgan fingerprint density at radius 1 is 0.980 bits per heavy atom. The van der Waals surface area contributed by atoms with Gasteiger partial charge in [-0.2, -0.15) is 10.5 Å². The summed E-state index contributed by atoms with van der Waals surface area (Å²) in [5, 5.41) is 34.7. The number of nitrogens with one attached hydrogen (secondary N) is 4. The maximum Gasteiger partial charge on any atom is 0.251 e. The molecule has 2 atom stereocenters. The molecule has 1 saturated heterocycles. The number of hydrogen-bond donors (Lipinski definition) is 4. The number of amides is 3. The van der Waals surface area contributed by atoms with Crippen molar-refractivity contribution in [2.24, 2.45) is 0 Å². The van der Waals surface area contributed by atoms with Gasteiger partial charge in [0.1, 0.15) is 11.9 Å². The van der Waals surface area contributed by atoms with Crippen LogP contribution in [-0.4, -0.2) is 81.5 Å². The van der Waals surface area contributed by atoms with Crippen LogP contribution in [0.2, 0.25) is 0 Å². The van der Waals surface area contributed by atoms with Crippen molar-refractivity contribution in [1.82, 2.24) is 41.5 Å². The van der Waals surface area contributed by atoms with Crippen molar-refractivity contribution in [1.29, 1.82) is 5.26 Å². The third-order valence-electron chi connectivity index (χ3n) is 9.93.